The Labute approximate surface area is 150 Å². The van der Waals surface area contributed by atoms with E-state index in [2.05, 4.69) is 10.9 Å². The first-order valence-corrected chi connectivity index (χ1v) is 8.55. The third-order valence-electron chi connectivity index (χ3n) is 3.05. The summed E-state index contributed by atoms with van der Waals surface area (Å²) in [6, 6.07) is 18.3. The van der Waals surface area contributed by atoms with E-state index in [1.807, 2.05) is 36.4 Å². The van der Waals surface area contributed by atoms with E-state index < -0.39 is 5.91 Å². The minimum atomic E-state index is -0.503. The fourth-order valence-electron chi connectivity index (χ4n) is 1.84. The van der Waals surface area contributed by atoms with Gasteiger partial charge in [0.1, 0.15) is 11.8 Å². The molecule has 0 aliphatic carbocycles. The number of amides is 2. The number of nitrogens with zero attached hydrogens (tertiary/aromatic N) is 1. The molecular formula is C18H17N3O3S. The normalized spacial score (nSPS) is 9.72. The Morgan fingerprint density at radius 3 is 2.44 bits per heavy atom. The van der Waals surface area contributed by atoms with Crippen LogP contribution >= 0.6 is 11.8 Å². The number of thioether (sulfide) groups is 1. The lowest BCUT2D eigenvalue weighted by Crippen LogP contribution is -2.43. The van der Waals surface area contributed by atoms with Gasteiger partial charge in [-0.05, 0) is 24.3 Å². The van der Waals surface area contributed by atoms with Gasteiger partial charge in [-0.25, -0.2) is 0 Å². The van der Waals surface area contributed by atoms with Gasteiger partial charge in [0, 0.05) is 17.1 Å². The molecule has 0 atom stereocenters. The zero-order valence-corrected chi connectivity index (χ0v) is 14.2. The minimum Gasteiger partial charge on any atom is -0.482 e. The van der Waals surface area contributed by atoms with Gasteiger partial charge in [0.2, 0.25) is 5.91 Å². The fourth-order valence-corrected chi connectivity index (χ4v) is 2.72. The van der Waals surface area contributed by atoms with Crippen LogP contribution in [-0.2, 0) is 9.59 Å². The van der Waals surface area contributed by atoms with Crippen LogP contribution in [0.25, 0.3) is 0 Å². The molecule has 2 N–H and O–H groups in total. The van der Waals surface area contributed by atoms with Crippen LogP contribution in [0.3, 0.4) is 0 Å². The monoisotopic (exact) mass is 355 g/mol. The first-order valence-electron chi connectivity index (χ1n) is 7.56. The number of carbonyl (C=O) groups is 2. The maximum absolute atomic E-state index is 11.7. The van der Waals surface area contributed by atoms with E-state index in [1.165, 1.54) is 0 Å². The average molecular weight is 355 g/mol. The van der Waals surface area contributed by atoms with Crippen molar-refractivity contribution in [2.24, 2.45) is 0 Å². The van der Waals surface area contributed by atoms with Gasteiger partial charge >= 0.3 is 0 Å². The lowest BCUT2D eigenvalue weighted by molar-refractivity contribution is -0.129. The molecule has 0 radical (unpaired) electrons. The summed E-state index contributed by atoms with van der Waals surface area (Å²) in [5, 5.41) is 8.94. The van der Waals surface area contributed by atoms with Crippen LogP contribution in [0.1, 0.15) is 12.0 Å². The second-order valence-electron chi connectivity index (χ2n) is 4.90. The minimum absolute atomic E-state index is 0.276. The van der Waals surface area contributed by atoms with Crippen LogP contribution < -0.4 is 15.6 Å². The van der Waals surface area contributed by atoms with Crippen LogP contribution in [0.2, 0.25) is 0 Å². The Morgan fingerprint density at radius 1 is 1.00 bits per heavy atom. The van der Waals surface area contributed by atoms with Crippen molar-refractivity contribution in [1.82, 2.24) is 10.9 Å². The third-order valence-corrected chi connectivity index (χ3v) is 4.06. The number of benzene rings is 2. The summed E-state index contributed by atoms with van der Waals surface area (Å²) >= 11 is 1.57. The standard InChI is InChI=1S/C18H17N3O3S/c19-12-14-6-4-5-9-16(14)24-13-18(23)21-20-17(22)10-11-25-15-7-2-1-3-8-15/h1-9H,10-11,13H2,(H,20,22)(H,21,23). The quantitative estimate of drug-likeness (QED) is 0.587. The highest BCUT2D eigenvalue weighted by Crippen LogP contribution is 2.17. The average Bonchev–Trinajstić information content (AvgIpc) is 2.65. The lowest BCUT2D eigenvalue weighted by Gasteiger charge is -2.09. The van der Waals surface area contributed by atoms with Gasteiger partial charge in [0.05, 0.1) is 5.56 Å². The molecule has 0 bridgehead atoms. The number of nitriles is 1. The van der Waals surface area contributed by atoms with Gasteiger partial charge in [-0.1, -0.05) is 30.3 Å². The van der Waals surface area contributed by atoms with E-state index in [1.54, 1.807) is 36.0 Å². The highest BCUT2D eigenvalue weighted by Gasteiger charge is 2.08. The largest absolute Gasteiger partial charge is 0.482 e. The molecule has 0 unspecified atom stereocenters. The number of nitrogens with one attached hydrogen (secondary N) is 2. The highest BCUT2D eigenvalue weighted by molar-refractivity contribution is 7.99. The van der Waals surface area contributed by atoms with Crippen molar-refractivity contribution in [3.8, 4) is 11.8 Å². The van der Waals surface area contributed by atoms with Crippen molar-refractivity contribution < 1.29 is 14.3 Å². The molecule has 0 spiro atoms. The SMILES string of the molecule is N#Cc1ccccc1OCC(=O)NNC(=O)CCSc1ccccc1. The number of carbonyl (C=O) groups excluding carboxylic acids is 2. The second kappa shape index (κ2) is 10.0. The zero-order valence-electron chi connectivity index (χ0n) is 13.4. The predicted octanol–water partition coefficient (Wildman–Crippen LogP) is 2.27. The van der Waals surface area contributed by atoms with Gasteiger partial charge < -0.3 is 4.74 Å². The number of ether oxygens (including phenoxy) is 1. The number of para-hydroxylation sites is 1. The van der Waals surface area contributed by atoms with Crippen molar-refractivity contribution in [1.29, 1.82) is 5.26 Å². The number of hydrogen-bond acceptors (Lipinski definition) is 5. The van der Waals surface area contributed by atoms with Gasteiger partial charge in [-0.3, -0.25) is 20.4 Å². The Bertz CT molecular complexity index is 760. The molecular weight excluding hydrogens is 338 g/mol. The molecule has 2 aromatic rings. The van der Waals surface area contributed by atoms with Crippen molar-refractivity contribution in [3.63, 3.8) is 0 Å². The van der Waals surface area contributed by atoms with Crippen molar-refractivity contribution in [2.75, 3.05) is 12.4 Å². The van der Waals surface area contributed by atoms with Crippen LogP contribution in [0.15, 0.2) is 59.5 Å². The molecule has 0 fully saturated rings. The highest BCUT2D eigenvalue weighted by atomic mass is 32.2. The Hall–Kier alpha value is -2.98. The van der Waals surface area contributed by atoms with E-state index in [0.717, 1.165) is 4.90 Å². The van der Waals surface area contributed by atoms with Gasteiger partial charge in [-0.15, -0.1) is 11.8 Å². The smallest absolute Gasteiger partial charge is 0.276 e. The van der Waals surface area contributed by atoms with E-state index in [9.17, 15) is 9.59 Å². The van der Waals surface area contributed by atoms with Crippen molar-refractivity contribution >= 4 is 23.6 Å². The van der Waals surface area contributed by atoms with Crippen molar-refractivity contribution in [3.05, 3.63) is 60.2 Å². The number of hydrazine groups is 1. The second-order valence-corrected chi connectivity index (χ2v) is 6.07. The molecule has 7 heteroatoms. The van der Waals surface area contributed by atoms with Crippen LogP contribution in [0.4, 0.5) is 0 Å². The summed E-state index contributed by atoms with van der Waals surface area (Å²) in [6.07, 6.45) is 0.276. The van der Waals surface area contributed by atoms with Gasteiger partial charge in [0.15, 0.2) is 6.61 Å². The summed E-state index contributed by atoms with van der Waals surface area (Å²) in [5.74, 6) is 0.148. The van der Waals surface area contributed by atoms with E-state index in [-0.39, 0.29) is 18.9 Å². The summed E-state index contributed by atoms with van der Waals surface area (Å²) in [5.41, 5.74) is 4.96. The molecule has 0 heterocycles. The summed E-state index contributed by atoms with van der Waals surface area (Å²) in [7, 11) is 0. The van der Waals surface area contributed by atoms with E-state index in [0.29, 0.717) is 17.1 Å². The molecule has 2 rings (SSSR count). The molecule has 0 aromatic heterocycles. The summed E-state index contributed by atoms with van der Waals surface area (Å²) < 4.78 is 5.27. The first-order chi connectivity index (χ1) is 12.2. The van der Waals surface area contributed by atoms with Crippen LogP contribution in [0.5, 0.6) is 5.75 Å². The Balaban J connectivity index is 1.64. The molecule has 128 valence electrons. The van der Waals surface area contributed by atoms with Crippen LogP contribution in [0, 0.1) is 11.3 Å². The van der Waals surface area contributed by atoms with Gasteiger partial charge in [0.25, 0.3) is 5.91 Å². The van der Waals surface area contributed by atoms with Crippen molar-refractivity contribution in [2.45, 2.75) is 11.3 Å². The molecule has 25 heavy (non-hydrogen) atoms. The molecule has 0 saturated carbocycles. The maximum atomic E-state index is 11.7. The van der Waals surface area contributed by atoms with Gasteiger partial charge in [-0.2, -0.15) is 5.26 Å². The van der Waals surface area contributed by atoms with Crippen LogP contribution in [-0.4, -0.2) is 24.2 Å². The maximum Gasteiger partial charge on any atom is 0.276 e. The Morgan fingerprint density at radius 2 is 1.68 bits per heavy atom. The third kappa shape index (κ3) is 6.57. The first kappa shape index (κ1) is 18.4. The summed E-state index contributed by atoms with van der Waals surface area (Å²) in [6.45, 7) is -0.294. The Kier molecular flexibility index (Phi) is 7.35. The number of rotatable bonds is 7. The molecule has 0 aliphatic rings. The van der Waals surface area contributed by atoms with E-state index >= 15 is 0 Å². The van der Waals surface area contributed by atoms with E-state index in [4.69, 9.17) is 10.00 Å². The predicted molar refractivity (Wildman–Crippen MR) is 94.7 cm³/mol. The molecule has 2 amide bonds. The number of hydrogen-bond donors (Lipinski definition) is 2. The topological polar surface area (TPSA) is 91.2 Å². The summed E-state index contributed by atoms with van der Waals surface area (Å²) in [4.78, 5) is 24.5. The molecule has 6 nitrogen and oxygen atoms in total. The molecule has 0 aliphatic heterocycles. The molecule has 2 aromatic carbocycles. The lowest BCUT2D eigenvalue weighted by atomic mass is 10.2. The fraction of sp³-hybridized carbons (Fsp3) is 0.167. The zero-order chi connectivity index (χ0) is 17.9. The molecule has 0 saturated heterocycles.